The second-order valence-electron chi connectivity index (χ2n) is 5.58. The number of aliphatic hydroxyl groups is 1. The molecule has 1 saturated heterocycles. The normalized spacial score (nSPS) is 20.6. The number of nitrogens with zero attached hydrogens (tertiary/aromatic N) is 1. The van der Waals surface area contributed by atoms with Crippen LogP contribution in [0.5, 0.6) is 0 Å². The molecule has 0 bridgehead atoms. The summed E-state index contributed by atoms with van der Waals surface area (Å²) >= 11 is 0. The zero-order valence-corrected chi connectivity index (χ0v) is 12.2. The summed E-state index contributed by atoms with van der Waals surface area (Å²) in [5.74, 6) is 0.0854. The minimum atomic E-state index is -0.557. The van der Waals surface area contributed by atoms with E-state index in [4.69, 9.17) is 0 Å². The van der Waals surface area contributed by atoms with E-state index < -0.39 is 5.60 Å². The first kappa shape index (κ1) is 15.4. The number of rotatable bonds is 7. The van der Waals surface area contributed by atoms with Gasteiger partial charge in [0.15, 0.2) is 0 Å². The van der Waals surface area contributed by atoms with Crippen molar-refractivity contribution < 1.29 is 9.90 Å². The highest BCUT2D eigenvalue weighted by molar-refractivity contribution is 5.81. The second-order valence-corrected chi connectivity index (χ2v) is 5.58. The SMILES string of the molecule is CCCC1(O)CN(C(C)C(=O)NC(CC)CC)C1. The first-order chi connectivity index (χ1) is 8.45. The van der Waals surface area contributed by atoms with Gasteiger partial charge in [-0.1, -0.05) is 27.2 Å². The van der Waals surface area contributed by atoms with Gasteiger partial charge in [-0.2, -0.15) is 0 Å². The van der Waals surface area contributed by atoms with Crippen LogP contribution in [0.2, 0.25) is 0 Å². The lowest BCUT2D eigenvalue weighted by atomic mass is 9.88. The topological polar surface area (TPSA) is 52.6 Å². The number of amides is 1. The van der Waals surface area contributed by atoms with Gasteiger partial charge in [0.1, 0.15) is 0 Å². The third-order valence-electron chi connectivity index (χ3n) is 3.97. The van der Waals surface area contributed by atoms with Crippen molar-refractivity contribution in [3.05, 3.63) is 0 Å². The van der Waals surface area contributed by atoms with Crippen LogP contribution in [-0.4, -0.2) is 46.7 Å². The molecule has 1 unspecified atom stereocenters. The van der Waals surface area contributed by atoms with Crippen LogP contribution in [0.1, 0.15) is 53.4 Å². The molecule has 18 heavy (non-hydrogen) atoms. The minimum absolute atomic E-state index is 0.0854. The predicted octanol–water partition coefficient (Wildman–Crippen LogP) is 1.53. The molecule has 0 spiro atoms. The summed E-state index contributed by atoms with van der Waals surface area (Å²) < 4.78 is 0. The van der Waals surface area contributed by atoms with Crippen molar-refractivity contribution in [2.75, 3.05) is 13.1 Å². The van der Waals surface area contributed by atoms with Crippen LogP contribution in [-0.2, 0) is 4.79 Å². The van der Waals surface area contributed by atoms with Gasteiger partial charge in [-0.3, -0.25) is 9.69 Å². The van der Waals surface area contributed by atoms with Gasteiger partial charge in [0.2, 0.25) is 5.91 Å². The van der Waals surface area contributed by atoms with Crippen LogP contribution in [0.4, 0.5) is 0 Å². The van der Waals surface area contributed by atoms with Gasteiger partial charge in [-0.05, 0) is 26.2 Å². The third-order valence-corrected chi connectivity index (χ3v) is 3.97. The average molecular weight is 256 g/mol. The summed E-state index contributed by atoms with van der Waals surface area (Å²) in [5.41, 5.74) is -0.557. The third kappa shape index (κ3) is 3.69. The molecule has 4 nitrogen and oxygen atoms in total. The lowest BCUT2D eigenvalue weighted by Crippen LogP contribution is -2.66. The van der Waals surface area contributed by atoms with Crippen LogP contribution >= 0.6 is 0 Å². The molecule has 2 N–H and O–H groups in total. The van der Waals surface area contributed by atoms with Crippen LogP contribution in [0.25, 0.3) is 0 Å². The van der Waals surface area contributed by atoms with Gasteiger partial charge in [0, 0.05) is 19.1 Å². The number of nitrogens with one attached hydrogen (secondary N) is 1. The van der Waals surface area contributed by atoms with E-state index in [0.29, 0.717) is 13.1 Å². The Balaban J connectivity index is 2.38. The molecule has 0 aliphatic carbocycles. The van der Waals surface area contributed by atoms with E-state index in [2.05, 4.69) is 26.1 Å². The van der Waals surface area contributed by atoms with Crippen LogP contribution in [0.3, 0.4) is 0 Å². The van der Waals surface area contributed by atoms with Crippen molar-refractivity contribution in [1.82, 2.24) is 10.2 Å². The van der Waals surface area contributed by atoms with E-state index in [0.717, 1.165) is 25.7 Å². The lowest BCUT2D eigenvalue weighted by Gasteiger charge is -2.49. The molecule has 1 fully saturated rings. The molecule has 1 atom stereocenters. The number of hydrogen-bond donors (Lipinski definition) is 2. The summed E-state index contributed by atoms with van der Waals surface area (Å²) in [7, 11) is 0. The van der Waals surface area contributed by atoms with Crippen LogP contribution < -0.4 is 5.32 Å². The van der Waals surface area contributed by atoms with E-state index in [-0.39, 0.29) is 18.0 Å². The fraction of sp³-hybridized carbons (Fsp3) is 0.929. The van der Waals surface area contributed by atoms with Crippen molar-refractivity contribution in [2.24, 2.45) is 0 Å². The van der Waals surface area contributed by atoms with Crippen LogP contribution in [0, 0.1) is 0 Å². The van der Waals surface area contributed by atoms with Gasteiger partial charge < -0.3 is 10.4 Å². The molecule has 1 aliphatic rings. The number of likely N-dealkylation sites (tertiary alicyclic amines) is 1. The molecule has 0 aromatic heterocycles. The highest BCUT2D eigenvalue weighted by atomic mass is 16.3. The molecular formula is C14H28N2O2. The average Bonchev–Trinajstić information content (AvgIpc) is 2.31. The summed E-state index contributed by atoms with van der Waals surface area (Å²) in [6, 6.07) is 0.137. The fourth-order valence-corrected chi connectivity index (χ4v) is 2.59. The van der Waals surface area contributed by atoms with Gasteiger partial charge >= 0.3 is 0 Å². The first-order valence-corrected chi connectivity index (χ1v) is 7.22. The maximum Gasteiger partial charge on any atom is 0.237 e. The Bertz CT molecular complexity index is 271. The Hall–Kier alpha value is -0.610. The predicted molar refractivity (Wildman–Crippen MR) is 73.4 cm³/mol. The maximum atomic E-state index is 12.0. The van der Waals surface area contributed by atoms with E-state index >= 15 is 0 Å². The van der Waals surface area contributed by atoms with E-state index in [1.54, 1.807) is 0 Å². The molecule has 4 heteroatoms. The van der Waals surface area contributed by atoms with Gasteiger partial charge in [0.25, 0.3) is 0 Å². The highest BCUT2D eigenvalue weighted by Crippen LogP contribution is 2.27. The standard InChI is InChI=1S/C14H28N2O2/c1-5-8-14(18)9-16(10-14)11(4)13(17)15-12(6-2)7-3/h11-12,18H,5-10H2,1-4H3,(H,15,17). The van der Waals surface area contributed by atoms with Gasteiger partial charge in [0.05, 0.1) is 11.6 Å². The monoisotopic (exact) mass is 256 g/mol. The molecule has 106 valence electrons. The van der Waals surface area contributed by atoms with Crippen molar-refractivity contribution in [1.29, 1.82) is 0 Å². The highest BCUT2D eigenvalue weighted by Gasteiger charge is 2.43. The Kier molecular flexibility index (Phi) is 5.60. The molecule has 1 aliphatic heterocycles. The second kappa shape index (κ2) is 6.53. The van der Waals surface area contributed by atoms with Crippen molar-refractivity contribution in [3.63, 3.8) is 0 Å². The molecule has 1 amide bonds. The Morgan fingerprint density at radius 3 is 2.33 bits per heavy atom. The zero-order valence-electron chi connectivity index (χ0n) is 12.2. The van der Waals surface area contributed by atoms with Crippen molar-refractivity contribution in [3.8, 4) is 0 Å². The summed E-state index contributed by atoms with van der Waals surface area (Å²) in [6.45, 7) is 9.41. The summed E-state index contributed by atoms with van der Waals surface area (Å²) in [4.78, 5) is 14.1. The summed E-state index contributed by atoms with van der Waals surface area (Å²) in [6.07, 6.45) is 3.74. The van der Waals surface area contributed by atoms with Gasteiger partial charge in [-0.25, -0.2) is 0 Å². The Morgan fingerprint density at radius 2 is 1.89 bits per heavy atom. The minimum Gasteiger partial charge on any atom is -0.387 e. The maximum absolute atomic E-state index is 12.0. The number of hydrogen-bond acceptors (Lipinski definition) is 3. The molecule has 1 heterocycles. The lowest BCUT2D eigenvalue weighted by molar-refractivity contribution is -0.144. The Labute approximate surface area is 111 Å². The zero-order chi connectivity index (χ0) is 13.8. The fourth-order valence-electron chi connectivity index (χ4n) is 2.59. The van der Waals surface area contributed by atoms with Crippen molar-refractivity contribution >= 4 is 5.91 Å². The van der Waals surface area contributed by atoms with E-state index in [1.165, 1.54) is 0 Å². The van der Waals surface area contributed by atoms with Crippen LogP contribution in [0.15, 0.2) is 0 Å². The first-order valence-electron chi connectivity index (χ1n) is 7.22. The molecule has 0 radical (unpaired) electrons. The largest absolute Gasteiger partial charge is 0.387 e. The summed E-state index contributed by atoms with van der Waals surface area (Å²) in [5, 5.41) is 13.2. The number of carbonyl (C=O) groups excluding carboxylic acids is 1. The Morgan fingerprint density at radius 1 is 1.33 bits per heavy atom. The van der Waals surface area contributed by atoms with E-state index in [1.807, 2.05) is 11.8 Å². The molecule has 0 saturated carbocycles. The molecular weight excluding hydrogens is 228 g/mol. The number of carbonyl (C=O) groups is 1. The molecule has 0 aromatic carbocycles. The molecule has 1 rings (SSSR count). The quantitative estimate of drug-likeness (QED) is 0.726. The van der Waals surface area contributed by atoms with Gasteiger partial charge in [-0.15, -0.1) is 0 Å². The smallest absolute Gasteiger partial charge is 0.237 e. The molecule has 0 aromatic rings. The number of β-amino-alcohol motifs (C(OH)–C–C–N with tert-alkyl or cyclic N) is 1. The van der Waals surface area contributed by atoms with Crippen molar-refractivity contribution in [2.45, 2.75) is 71.1 Å². The van der Waals surface area contributed by atoms with E-state index in [9.17, 15) is 9.90 Å².